The van der Waals surface area contributed by atoms with E-state index < -0.39 is 0 Å². The van der Waals surface area contributed by atoms with E-state index in [4.69, 9.17) is 5.73 Å². The second-order valence-corrected chi connectivity index (χ2v) is 6.65. The number of hydrogen-bond donors (Lipinski definition) is 2. The van der Waals surface area contributed by atoms with Gasteiger partial charge < -0.3 is 15.6 Å². The monoisotopic (exact) mass is 387 g/mol. The zero-order valence-electron chi connectivity index (χ0n) is 15.9. The molecule has 2 heterocycles. The van der Waals surface area contributed by atoms with Crippen LogP contribution in [-0.2, 0) is 7.05 Å². The average Bonchev–Trinajstić information content (AvgIpc) is 3.05. The molecular weight excluding hydrogens is 369 g/mol. The summed E-state index contributed by atoms with van der Waals surface area (Å²) in [5.74, 6) is 0.794. The minimum absolute atomic E-state index is 0.107. The highest BCUT2D eigenvalue weighted by Gasteiger charge is 2.21. The lowest BCUT2D eigenvalue weighted by atomic mass is 10.0. The molecule has 0 bridgehead atoms. The van der Waals surface area contributed by atoms with Crippen LogP contribution in [0.2, 0.25) is 0 Å². The van der Waals surface area contributed by atoms with Crippen LogP contribution in [0, 0.1) is 17.1 Å². The molecule has 4 rings (SSSR count). The number of imidazole rings is 1. The van der Waals surface area contributed by atoms with E-state index in [0.717, 1.165) is 5.56 Å². The number of nitrogens with two attached hydrogens (primary N) is 1. The van der Waals surface area contributed by atoms with Gasteiger partial charge in [0.05, 0.1) is 17.1 Å². The first kappa shape index (κ1) is 18.4. The molecule has 29 heavy (non-hydrogen) atoms. The van der Waals surface area contributed by atoms with Gasteiger partial charge in [-0.25, -0.2) is 19.3 Å². The predicted molar refractivity (Wildman–Crippen MR) is 109 cm³/mol. The summed E-state index contributed by atoms with van der Waals surface area (Å²) in [6, 6.07) is 14.2. The maximum absolute atomic E-state index is 14.8. The number of aryl methyl sites for hydroxylation is 1. The van der Waals surface area contributed by atoms with Crippen LogP contribution in [0.1, 0.15) is 24.4 Å². The Morgan fingerprint density at radius 3 is 2.66 bits per heavy atom. The fourth-order valence-electron chi connectivity index (χ4n) is 3.45. The molecule has 0 spiro atoms. The second-order valence-electron chi connectivity index (χ2n) is 6.65. The summed E-state index contributed by atoms with van der Waals surface area (Å²) < 4.78 is 16.6. The summed E-state index contributed by atoms with van der Waals surface area (Å²) in [6.45, 7) is 1.89. The van der Waals surface area contributed by atoms with Gasteiger partial charge in [0.2, 0.25) is 0 Å². The van der Waals surface area contributed by atoms with E-state index in [1.807, 2.05) is 54.9 Å². The Kier molecular flexibility index (Phi) is 4.56. The Morgan fingerprint density at radius 2 is 1.93 bits per heavy atom. The van der Waals surface area contributed by atoms with Crippen molar-refractivity contribution in [3.8, 4) is 17.2 Å². The van der Waals surface area contributed by atoms with Gasteiger partial charge in [0.25, 0.3) is 0 Å². The number of halogens is 1. The van der Waals surface area contributed by atoms with Gasteiger partial charge in [-0.3, -0.25) is 0 Å². The van der Waals surface area contributed by atoms with Crippen molar-refractivity contribution in [3.05, 3.63) is 66.0 Å². The average molecular weight is 387 g/mol. The van der Waals surface area contributed by atoms with E-state index in [-0.39, 0.29) is 23.2 Å². The number of benzene rings is 2. The van der Waals surface area contributed by atoms with Gasteiger partial charge in [0, 0.05) is 12.6 Å². The number of nitrogens with zero attached hydrogens (tertiary/aromatic N) is 5. The van der Waals surface area contributed by atoms with Crippen LogP contribution in [0.5, 0.6) is 0 Å². The van der Waals surface area contributed by atoms with E-state index in [2.05, 4.69) is 20.3 Å². The predicted octanol–water partition coefficient (Wildman–Crippen LogP) is 3.80. The first-order valence-electron chi connectivity index (χ1n) is 8.98. The molecule has 2 aromatic carbocycles. The molecule has 0 aliphatic carbocycles. The van der Waals surface area contributed by atoms with Gasteiger partial charge in [0.1, 0.15) is 41.2 Å². The number of fused-ring (bicyclic) bond motifs is 1. The van der Waals surface area contributed by atoms with Crippen LogP contribution >= 0.6 is 0 Å². The number of hydrogen-bond acceptors (Lipinski definition) is 6. The van der Waals surface area contributed by atoms with Crippen molar-refractivity contribution in [1.29, 1.82) is 5.26 Å². The standard InChI is InChI=1S/C21H18FN7/c1-12(27-20-14(10-23)19(24)25-11-26-20)21-28-16-9-8-15(22)17(18(16)29(21)2)13-6-4-3-5-7-13/h3-9,11-12H,1-2H3,(H3,24,25,26,27)/t12-/m0/s1. The number of rotatable bonds is 4. The Balaban J connectivity index is 1.81. The normalized spacial score (nSPS) is 11.9. The maximum atomic E-state index is 14.8. The third-order valence-corrected chi connectivity index (χ3v) is 4.81. The molecular formula is C21H18FN7. The van der Waals surface area contributed by atoms with Crippen molar-refractivity contribution in [2.24, 2.45) is 7.05 Å². The third-order valence-electron chi connectivity index (χ3n) is 4.81. The van der Waals surface area contributed by atoms with Gasteiger partial charge in [-0.15, -0.1) is 0 Å². The van der Waals surface area contributed by atoms with E-state index >= 15 is 0 Å². The van der Waals surface area contributed by atoms with Crippen molar-refractivity contribution in [1.82, 2.24) is 19.5 Å². The lowest BCUT2D eigenvalue weighted by Crippen LogP contribution is -2.15. The molecule has 0 aliphatic heterocycles. The van der Waals surface area contributed by atoms with Crippen LogP contribution in [0.15, 0.2) is 48.8 Å². The Bertz CT molecular complexity index is 1240. The molecule has 4 aromatic rings. The van der Waals surface area contributed by atoms with Crippen LogP contribution in [-0.4, -0.2) is 19.5 Å². The minimum Gasteiger partial charge on any atom is -0.382 e. The summed E-state index contributed by atoms with van der Waals surface area (Å²) in [5, 5.41) is 12.5. The second kappa shape index (κ2) is 7.20. The largest absolute Gasteiger partial charge is 0.382 e. The molecule has 0 saturated carbocycles. The van der Waals surface area contributed by atoms with E-state index in [1.165, 1.54) is 12.4 Å². The topological polar surface area (TPSA) is 105 Å². The SMILES string of the molecule is C[C@H](Nc1ncnc(N)c1C#N)c1nc2ccc(F)c(-c3ccccc3)c2n1C. The number of nitrogens with one attached hydrogen (secondary N) is 1. The van der Waals surface area contributed by atoms with Crippen molar-refractivity contribution in [3.63, 3.8) is 0 Å². The zero-order valence-corrected chi connectivity index (χ0v) is 15.9. The van der Waals surface area contributed by atoms with E-state index in [1.54, 1.807) is 6.07 Å². The van der Waals surface area contributed by atoms with Gasteiger partial charge in [-0.2, -0.15) is 5.26 Å². The fourth-order valence-corrected chi connectivity index (χ4v) is 3.45. The van der Waals surface area contributed by atoms with E-state index in [0.29, 0.717) is 28.2 Å². The molecule has 0 saturated heterocycles. The van der Waals surface area contributed by atoms with Crippen LogP contribution in [0.3, 0.4) is 0 Å². The Hall–Kier alpha value is -3.99. The summed E-state index contributed by atoms with van der Waals surface area (Å²) in [4.78, 5) is 12.6. The molecule has 8 heteroatoms. The lowest BCUT2D eigenvalue weighted by Gasteiger charge is -2.16. The quantitative estimate of drug-likeness (QED) is 0.552. The van der Waals surface area contributed by atoms with Crippen molar-refractivity contribution >= 4 is 22.7 Å². The molecule has 0 amide bonds. The smallest absolute Gasteiger partial charge is 0.150 e. The fraction of sp³-hybridized carbons (Fsp3) is 0.143. The number of nitrogen functional groups attached to an aromatic ring is 1. The molecule has 3 N–H and O–H groups in total. The van der Waals surface area contributed by atoms with Gasteiger partial charge in [-0.1, -0.05) is 30.3 Å². The molecule has 144 valence electrons. The summed E-state index contributed by atoms with van der Waals surface area (Å²) in [7, 11) is 1.84. The van der Waals surface area contributed by atoms with Crippen LogP contribution < -0.4 is 11.1 Å². The summed E-state index contributed by atoms with van der Waals surface area (Å²) in [6.07, 6.45) is 1.29. The lowest BCUT2D eigenvalue weighted by molar-refractivity contribution is 0.632. The third kappa shape index (κ3) is 3.12. The highest BCUT2D eigenvalue weighted by Crippen LogP contribution is 2.33. The molecule has 1 atom stereocenters. The highest BCUT2D eigenvalue weighted by atomic mass is 19.1. The molecule has 2 aromatic heterocycles. The molecule has 0 fully saturated rings. The van der Waals surface area contributed by atoms with Crippen molar-refractivity contribution in [2.75, 3.05) is 11.1 Å². The van der Waals surface area contributed by atoms with Gasteiger partial charge >= 0.3 is 0 Å². The first-order chi connectivity index (χ1) is 14.0. The van der Waals surface area contributed by atoms with Crippen molar-refractivity contribution in [2.45, 2.75) is 13.0 Å². The number of nitriles is 1. The van der Waals surface area contributed by atoms with Gasteiger partial charge in [-0.05, 0) is 24.6 Å². The summed E-state index contributed by atoms with van der Waals surface area (Å²) >= 11 is 0. The first-order valence-corrected chi connectivity index (χ1v) is 8.98. The number of anilines is 2. The zero-order chi connectivity index (χ0) is 20.5. The van der Waals surface area contributed by atoms with Crippen LogP contribution in [0.25, 0.3) is 22.2 Å². The van der Waals surface area contributed by atoms with Crippen LogP contribution in [0.4, 0.5) is 16.0 Å². The summed E-state index contributed by atoms with van der Waals surface area (Å²) in [5.41, 5.74) is 8.59. The molecule has 0 unspecified atom stereocenters. The maximum Gasteiger partial charge on any atom is 0.150 e. The molecule has 7 nitrogen and oxygen atoms in total. The molecule has 0 radical (unpaired) electrons. The van der Waals surface area contributed by atoms with Crippen molar-refractivity contribution < 1.29 is 4.39 Å². The highest BCUT2D eigenvalue weighted by molar-refractivity contribution is 5.93. The van der Waals surface area contributed by atoms with E-state index in [9.17, 15) is 9.65 Å². The Labute approximate surface area is 166 Å². The Morgan fingerprint density at radius 1 is 1.17 bits per heavy atom. The van der Waals surface area contributed by atoms with Gasteiger partial charge in [0.15, 0.2) is 0 Å². The number of aromatic nitrogens is 4. The minimum atomic E-state index is -0.319. The molecule has 0 aliphatic rings.